The lowest BCUT2D eigenvalue weighted by atomic mass is 9.73. The highest BCUT2D eigenvalue weighted by Gasteiger charge is 2.55. The van der Waals surface area contributed by atoms with Gasteiger partial charge in [0.05, 0.1) is 29.7 Å². The van der Waals surface area contributed by atoms with E-state index in [4.69, 9.17) is 0 Å². The summed E-state index contributed by atoms with van der Waals surface area (Å²) < 4.78 is 42.1. The van der Waals surface area contributed by atoms with Crippen LogP contribution in [0.2, 0.25) is 0 Å². The number of anilines is 1. The van der Waals surface area contributed by atoms with Gasteiger partial charge in [0.25, 0.3) is 11.8 Å². The van der Waals surface area contributed by atoms with E-state index >= 15 is 0 Å². The number of hydrogen-bond acceptors (Lipinski definition) is 4. The van der Waals surface area contributed by atoms with E-state index in [0.29, 0.717) is 41.7 Å². The molecule has 0 aliphatic carbocycles. The van der Waals surface area contributed by atoms with Crippen LogP contribution in [0.15, 0.2) is 47.1 Å². The Bertz CT molecular complexity index is 1490. The Kier molecular flexibility index (Phi) is 6.20. The van der Waals surface area contributed by atoms with Crippen molar-refractivity contribution in [1.82, 2.24) is 20.0 Å². The molecule has 4 heterocycles. The molecule has 1 N–H and O–H groups in total. The van der Waals surface area contributed by atoms with Crippen LogP contribution in [0.3, 0.4) is 0 Å². The molecule has 39 heavy (non-hydrogen) atoms. The minimum Gasteiger partial charge on any atom is -0.339 e. The van der Waals surface area contributed by atoms with Crippen molar-refractivity contribution in [2.45, 2.75) is 36.6 Å². The van der Waals surface area contributed by atoms with Gasteiger partial charge in [0.1, 0.15) is 13.2 Å². The Morgan fingerprint density at radius 2 is 1.92 bits per heavy atom. The number of benzene rings is 2. The fourth-order valence-corrected chi connectivity index (χ4v) is 6.95. The first-order valence-electron chi connectivity index (χ1n) is 12.7. The number of likely N-dealkylation sites (tertiary alicyclic amines) is 2. The maximum Gasteiger partial charge on any atom is 0.267 e. The lowest BCUT2D eigenvalue weighted by Crippen LogP contribution is -2.52. The fraction of sp³-hybridized carbons (Fsp3) is 0.407. The summed E-state index contributed by atoms with van der Waals surface area (Å²) >= 11 is 3.57. The Balaban J connectivity index is 1.24. The van der Waals surface area contributed by atoms with Crippen LogP contribution in [0, 0.1) is 0 Å². The Hall–Kier alpha value is -3.41. The molecule has 1 spiro atoms. The molecule has 3 amide bonds. The van der Waals surface area contributed by atoms with Crippen LogP contribution in [-0.2, 0) is 15.0 Å². The molecule has 2 fully saturated rings. The molecule has 1 atom stereocenters. The van der Waals surface area contributed by atoms with E-state index in [0.717, 1.165) is 21.4 Å². The van der Waals surface area contributed by atoms with Gasteiger partial charge in [-0.2, -0.15) is 5.10 Å². The molecule has 0 saturated carbocycles. The zero-order valence-corrected chi connectivity index (χ0v) is 22.4. The molecular weight excluding hydrogens is 579 g/mol. The molecule has 3 aliphatic heterocycles. The Morgan fingerprint density at radius 1 is 1.15 bits per heavy atom. The molecule has 3 aliphatic rings. The van der Waals surface area contributed by atoms with Crippen LogP contribution in [-0.4, -0.2) is 82.5 Å². The second kappa shape index (κ2) is 9.35. The van der Waals surface area contributed by atoms with E-state index in [1.165, 1.54) is 4.90 Å². The van der Waals surface area contributed by atoms with Gasteiger partial charge in [0.15, 0.2) is 0 Å². The standard InChI is InChI=1S/C27H25BrF3N5O3/c28-19-2-1-3-21-23(19)26(25(39)35(21)14-22(37)36-15-27(30,31)11-18(36)12-29)6-8-34(9-7-26)24(38)16-4-5-20-17(10-16)13-32-33-20/h1-5,10,13,18H,6-9,11-12,14-15H2,(H,32,33)/t18-/m0/s1. The van der Waals surface area contributed by atoms with E-state index in [-0.39, 0.29) is 11.8 Å². The summed E-state index contributed by atoms with van der Waals surface area (Å²) in [5.74, 6) is -4.34. The monoisotopic (exact) mass is 603 g/mol. The average Bonchev–Trinajstić information content (AvgIpc) is 3.58. The number of piperidine rings is 1. The van der Waals surface area contributed by atoms with E-state index in [1.807, 2.05) is 6.07 Å². The van der Waals surface area contributed by atoms with Crippen LogP contribution < -0.4 is 4.90 Å². The van der Waals surface area contributed by atoms with Crippen molar-refractivity contribution in [2.75, 3.05) is 37.8 Å². The lowest BCUT2D eigenvalue weighted by Gasteiger charge is -2.39. The first kappa shape index (κ1) is 25.8. The van der Waals surface area contributed by atoms with Crippen molar-refractivity contribution < 1.29 is 27.6 Å². The number of aromatic nitrogens is 2. The number of H-pyrrole nitrogens is 1. The second-order valence-corrected chi connectivity index (χ2v) is 11.3. The smallest absolute Gasteiger partial charge is 0.267 e. The van der Waals surface area contributed by atoms with Gasteiger partial charge < -0.3 is 14.7 Å². The van der Waals surface area contributed by atoms with Crippen LogP contribution >= 0.6 is 15.9 Å². The van der Waals surface area contributed by atoms with Gasteiger partial charge in [-0.15, -0.1) is 0 Å². The molecule has 2 aromatic carbocycles. The van der Waals surface area contributed by atoms with E-state index < -0.39 is 49.5 Å². The highest BCUT2D eigenvalue weighted by atomic mass is 79.9. The summed E-state index contributed by atoms with van der Waals surface area (Å²) in [6, 6.07) is 9.38. The summed E-state index contributed by atoms with van der Waals surface area (Å²) in [6.07, 6.45) is 1.59. The van der Waals surface area contributed by atoms with Crippen LogP contribution in [0.25, 0.3) is 10.9 Å². The number of halogens is 4. The average molecular weight is 604 g/mol. The zero-order valence-electron chi connectivity index (χ0n) is 20.8. The topological polar surface area (TPSA) is 89.6 Å². The third-order valence-electron chi connectivity index (χ3n) is 8.18. The van der Waals surface area contributed by atoms with Gasteiger partial charge in [-0.25, -0.2) is 13.2 Å². The zero-order chi connectivity index (χ0) is 27.5. The number of rotatable bonds is 4. The van der Waals surface area contributed by atoms with E-state index in [2.05, 4.69) is 26.1 Å². The van der Waals surface area contributed by atoms with Crippen LogP contribution in [0.1, 0.15) is 35.2 Å². The maximum absolute atomic E-state index is 14.0. The van der Waals surface area contributed by atoms with Gasteiger partial charge in [-0.1, -0.05) is 22.0 Å². The number of amides is 3. The molecule has 1 aromatic heterocycles. The summed E-state index contributed by atoms with van der Waals surface area (Å²) in [6.45, 7) is -1.75. The van der Waals surface area contributed by atoms with E-state index in [1.54, 1.807) is 41.4 Å². The Labute approximate surface area is 230 Å². The number of hydrogen-bond donors (Lipinski definition) is 1. The molecule has 2 saturated heterocycles. The molecule has 6 rings (SSSR count). The lowest BCUT2D eigenvalue weighted by molar-refractivity contribution is -0.134. The van der Waals surface area contributed by atoms with Crippen molar-refractivity contribution >= 4 is 50.2 Å². The number of fused-ring (bicyclic) bond motifs is 3. The highest BCUT2D eigenvalue weighted by Crippen LogP contribution is 2.51. The quantitative estimate of drug-likeness (QED) is 0.487. The SMILES string of the molecule is O=C(c1ccc2[nH]ncc2c1)N1CCC2(CC1)C(=O)N(CC(=O)N1CC(F)(F)C[C@H]1CF)c1cccc(Br)c12. The summed E-state index contributed by atoms with van der Waals surface area (Å²) in [5.41, 5.74) is 1.62. The number of alkyl halides is 3. The number of nitrogens with one attached hydrogen (secondary N) is 1. The minimum absolute atomic E-state index is 0.148. The van der Waals surface area contributed by atoms with Crippen molar-refractivity contribution in [3.05, 3.63) is 58.2 Å². The largest absolute Gasteiger partial charge is 0.339 e. The first-order valence-corrected chi connectivity index (χ1v) is 13.5. The predicted octanol–water partition coefficient (Wildman–Crippen LogP) is 4.05. The molecular formula is C27H25BrF3N5O3. The van der Waals surface area contributed by atoms with Crippen molar-refractivity contribution in [3.8, 4) is 0 Å². The van der Waals surface area contributed by atoms with Crippen LogP contribution in [0.4, 0.5) is 18.9 Å². The third kappa shape index (κ3) is 4.19. The Morgan fingerprint density at radius 3 is 2.67 bits per heavy atom. The maximum atomic E-state index is 14.0. The molecule has 0 unspecified atom stereocenters. The number of carbonyl (C=O) groups is 3. The van der Waals surface area contributed by atoms with Gasteiger partial charge in [-0.05, 0) is 43.2 Å². The molecule has 3 aromatic rings. The van der Waals surface area contributed by atoms with Gasteiger partial charge in [-0.3, -0.25) is 19.5 Å². The van der Waals surface area contributed by atoms with Crippen LogP contribution in [0.5, 0.6) is 0 Å². The first-order chi connectivity index (χ1) is 18.6. The summed E-state index contributed by atoms with van der Waals surface area (Å²) in [4.78, 5) is 44.3. The van der Waals surface area contributed by atoms with Crippen molar-refractivity contribution in [3.63, 3.8) is 0 Å². The third-order valence-corrected chi connectivity index (χ3v) is 8.84. The van der Waals surface area contributed by atoms with Gasteiger partial charge in [0.2, 0.25) is 11.8 Å². The normalized spacial score (nSPS) is 21.7. The molecule has 12 heteroatoms. The molecule has 8 nitrogen and oxygen atoms in total. The number of aromatic amines is 1. The van der Waals surface area contributed by atoms with Gasteiger partial charge in [0, 0.05) is 46.2 Å². The minimum atomic E-state index is -3.16. The van der Waals surface area contributed by atoms with Crippen molar-refractivity contribution in [2.24, 2.45) is 0 Å². The fourth-order valence-electron chi connectivity index (χ4n) is 6.21. The number of nitrogens with zero attached hydrogens (tertiary/aromatic N) is 4. The second-order valence-electron chi connectivity index (χ2n) is 10.5. The predicted molar refractivity (Wildman–Crippen MR) is 140 cm³/mol. The van der Waals surface area contributed by atoms with Gasteiger partial charge >= 0.3 is 0 Å². The number of carbonyl (C=O) groups excluding carboxylic acids is 3. The van der Waals surface area contributed by atoms with E-state index in [9.17, 15) is 27.6 Å². The summed E-state index contributed by atoms with van der Waals surface area (Å²) in [5, 5.41) is 7.67. The molecule has 204 valence electrons. The van der Waals surface area contributed by atoms with Crippen molar-refractivity contribution in [1.29, 1.82) is 0 Å². The molecule has 0 bridgehead atoms. The highest BCUT2D eigenvalue weighted by molar-refractivity contribution is 9.10. The molecule has 0 radical (unpaired) electrons. The summed E-state index contributed by atoms with van der Waals surface area (Å²) in [7, 11) is 0.